The Labute approximate surface area is 167 Å². The predicted octanol–water partition coefficient (Wildman–Crippen LogP) is 4.64. The zero-order valence-corrected chi connectivity index (χ0v) is 16.1. The summed E-state index contributed by atoms with van der Waals surface area (Å²) in [5, 5.41) is 0. The fourth-order valence-corrected chi connectivity index (χ4v) is 3.30. The van der Waals surface area contributed by atoms with Crippen LogP contribution in [0, 0.1) is 5.82 Å². The second kappa shape index (κ2) is 7.87. The second-order valence-electron chi connectivity index (χ2n) is 6.80. The molecule has 6 nitrogen and oxygen atoms in total. The average molecular weight is 392 g/mol. The molecule has 4 aromatic rings. The van der Waals surface area contributed by atoms with E-state index in [1.807, 2.05) is 24.3 Å². The number of fused-ring (bicyclic) bond motifs is 2. The van der Waals surface area contributed by atoms with Gasteiger partial charge in [-0.05, 0) is 42.8 Å². The molecule has 0 fully saturated rings. The molecular formula is C22H21FN4O2. The van der Waals surface area contributed by atoms with Crippen LogP contribution in [0.3, 0.4) is 0 Å². The minimum absolute atomic E-state index is 0.169. The first-order valence-electron chi connectivity index (χ1n) is 9.60. The van der Waals surface area contributed by atoms with Crippen molar-refractivity contribution in [2.75, 3.05) is 12.3 Å². The highest BCUT2D eigenvalue weighted by atomic mass is 19.1. The number of unbranched alkanes of at least 4 members (excludes halogenated alkanes) is 2. The van der Waals surface area contributed by atoms with Gasteiger partial charge >= 0.3 is 5.97 Å². The highest BCUT2D eigenvalue weighted by Gasteiger charge is 2.25. The van der Waals surface area contributed by atoms with E-state index in [-0.39, 0.29) is 17.2 Å². The fourth-order valence-electron chi connectivity index (χ4n) is 3.30. The third kappa shape index (κ3) is 3.51. The van der Waals surface area contributed by atoms with Gasteiger partial charge in [0.05, 0.1) is 17.6 Å². The molecule has 0 amide bonds. The van der Waals surface area contributed by atoms with Crippen molar-refractivity contribution in [3.8, 4) is 5.69 Å². The van der Waals surface area contributed by atoms with Crippen molar-refractivity contribution in [1.29, 1.82) is 0 Å². The lowest BCUT2D eigenvalue weighted by Gasteiger charge is -2.08. The SMILES string of the molecule is CCCCCOC(=O)c1c(N)n(-c2ccc(F)cc2)c2nc3ccccc3nc12. The number of ether oxygens (including phenoxy) is 1. The Morgan fingerprint density at radius 1 is 1.07 bits per heavy atom. The van der Waals surface area contributed by atoms with Crippen molar-refractivity contribution in [3.63, 3.8) is 0 Å². The molecule has 29 heavy (non-hydrogen) atoms. The number of para-hydroxylation sites is 2. The summed E-state index contributed by atoms with van der Waals surface area (Å²) in [4.78, 5) is 22.1. The number of carbonyl (C=O) groups is 1. The maximum Gasteiger partial charge on any atom is 0.344 e. The number of nitrogens with two attached hydrogens (primary N) is 1. The molecule has 4 rings (SSSR count). The lowest BCUT2D eigenvalue weighted by Crippen LogP contribution is -2.10. The molecule has 2 N–H and O–H groups in total. The van der Waals surface area contributed by atoms with Crippen LogP contribution in [0.2, 0.25) is 0 Å². The van der Waals surface area contributed by atoms with E-state index >= 15 is 0 Å². The number of carbonyl (C=O) groups excluding carboxylic acids is 1. The number of nitrogen functional groups attached to an aromatic ring is 1. The molecule has 2 heterocycles. The summed E-state index contributed by atoms with van der Waals surface area (Å²) in [6.45, 7) is 2.40. The molecule has 2 aromatic carbocycles. The summed E-state index contributed by atoms with van der Waals surface area (Å²) in [5.41, 5.74) is 9.25. The zero-order chi connectivity index (χ0) is 20.4. The van der Waals surface area contributed by atoms with E-state index in [4.69, 9.17) is 10.5 Å². The molecule has 148 valence electrons. The molecule has 0 saturated heterocycles. The van der Waals surface area contributed by atoms with Gasteiger partial charge in [-0.25, -0.2) is 19.2 Å². The molecule has 0 atom stereocenters. The number of nitrogens with zero attached hydrogens (tertiary/aromatic N) is 3. The van der Waals surface area contributed by atoms with Crippen LogP contribution in [-0.4, -0.2) is 27.1 Å². The first-order valence-corrected chi connectivity index (χ1v) is 9.60. The number of esters is 1. The number of aromatic nitrogens is 3. The van der Waals surface area contributed by atoms with Crippen molar-refractivity contribution in [1.82, 2.24) is 14.5 Å². The first kappa shape index (κ1) is 18.9. The maximum atomic E-state index is 13.4. The number of rotatable bonds is 6. The highest BCUT2D eigenvalue weighted by molar-refractivity contribution is 6.09. The quantitative estimate of drug-likeness (QED) is 0.382. The number of halogens is 1. The van der Waals surface area contributed by atoms with Crippen LogP contribution in [-0.2, 0) is 4.74 Å². The van der Waals surface area contributed by atoms with E-state index in [0.717, 1.165) is 19.3 Å². The molecule has 0 unspecified atom stereocenters. The lowest BCUT2D eigenvalue weighted by atomic mass is 10.2. The standard InChI is InChI=1S/C22H21FN4O2/c1-2-3-6-13-29-22(28)18-19-21(26-17-8-5-4-7-16(17)25-19)27(20(18)24)15-11-9-14(23)10-12-15/h4-5,7-12H,2-3,6,13,24H2,1H3. The molecule has 0 radical (unpaired) electrons. The third-order valence-corrected chi connectivity index (χ3v) is 4.77. The number of benzene rings is 2. The second-order valence-corrected chi connectivity index (χ2v) is 6.80. The Morgan fingerprint density at radius 3 is 2.45 bits per heavy atom. The largest absolute Gasteiger partial charge is 0.462 e. The van der Waals surface area contributed by atoms with Gasteiger partial charge in [0.15, 0.2) is 5.65 Å². The predicted molar refractivity (Wildman–Crippen MR) is 111 cm³/mol. The van der Waals surface area contributed by atoms with Crippen molar-refractivity contribution >= 4 is 34.0 Å². The maximum absolute atomic E-state index is 13.4. The van der Waals surface area contributed by atoms with Crippen LogP contribution < -0.4 is 5.73 Å². The molecular weight excluding hydrogens is 371 g/mol. The molecule has 2 aromatic heterocycles. The lowest BCUT2D eigenvalue weighted by molar-refractivity contribution is 0.0501. The zero-order valence-electron chi connectivity index (χ0n) is 16.1. The van der Waals surface area contributed by atoms with E-state index in [0.29, 0.717) is 34.5 Å². The number of hydrogen-bond acceptors (Lipinski definition) is 5. The van der Waals surface area contributed by atoms with Gasteiger partial charge in [0.1, 0.15) is 22.7 Å². The normalized spacial score (nSPS) is 11.2. The Balaban J connectivity index is 1.89. The summed E-state index contributed by atoms with van der Waals surface area (Å²) in [5.74, 6) is -0.729. The molecule has 7 heteroatoms. The average Bonchev–Trinajstić information content (AvgIpc) is 3.01. The van der Waals surface area contributed by atoms with Crippen molar-refractivity contribution in [2.45, 2.75) is 26.2 Å². The summed E-state index contributed by atoms with van der Waals surface area (Å²) < 4.78 is 20.5. The van der Waals surface area contributed by atoms with Gasteiger partial charge in [-0.1, -0.05) is 31.9 Å². The summed E-state index contributed by atoms with van der Waals surface area (Å²) in [6, 6.07) is 13.2. The van der Waals surface area contributed by atoms with Gasteiger partial charge in [-0.15, -0.1) is 0 Å². The Hall–Kier alpha value is -3.48. The van der Waals surface area contributed by atoms with Crippen LogP contribution in [0.1, 0.15) is 36.5 Å². The highest BCUT2D eigenvalue weighted by Crippen LogP contribution is 2.31. The van der Waals surface area contributed by atoms with E-state index < -0.39 is 5.97 Å². The van der Waals surface area contributed by atoms with E-state index in [1.54, 1.807) is 16.7 Å². The third-order valence-electron chi connectivity index (χ3n) is 4.77. The Bertz CT molecular complexity index is 1190. The first-order chi connectivity index (χ1) is 14.1. The molecule has 0 saturated carbocycles. The minimum atomic E-state index is -0.533. The monoisotopic (exact) mass is 392 g/mol. The van der Waals surface area contributed by atoms with Gasteiger partial charge in [-0.3, -0.25) is 4.57 Å². The minimum Gasteiger partial charge on any atom is -0.462 e. The van der Waals surface area contributed by atoms with E-state index in [2.05, 4.69) is 16.9 Å². The topological polar surface area (TPSA) is 83.0 Å². The van der Waals surface area contributed by atoms with Crippen LogP contribution in [0.25, 0.3) is 27.9 Å². The van der Waals surface area contributed by atoms with Gasteiger partial charge in [0, 0.05) is 5.69 Å². The van der Waals surface area contributed by atoms with Crippen molar-refractivity contribution in [3.05, 3.63) is 59.9 Å². The van der Waals surface area contributed by atoms with Gasteiger partial charge in [-0.2, -0.15) is 0 Å². The van der Waals surface area contributed by atoms with E-state index in [1.165, 1.54) is 12.1 Å². The van der Waals surface area contributed by atoms with Crippen molar-refractivity contribution < 1.29 is 13.9 Å². The fraction of sp³-hybridized carbons (Fsp3) is 0.227. The van der Waals surface area contributed by atoms with Gasteiger partial charge in [0.25, 0.3) is 0 Å². The van der Waals surface area contributed by atoms with Gasteiger partial charge in [0.2, 0.25) is 0 Å². The van der Waals surface area contributed by atoms with Crippen LogP contribution in [0.4, 0.5) is 10.2 Å². The van der Waals surface area contributed by atoms with E-state index in [9.17, 15) is 9.18 Å². The smallest absolute Gasteiger partial charge is 0.344 e. The Morgan fingerprint density at radius 2 is 1.76 bits per heavy atom. The summed E-state index contributed by atoms with van der Waals surface area (Å²) in [7, 11) is 0. The van der Waals surface area contributed by atoms with Crippen LogP contribution in [0.5, 0.6) is 0 Å². The summed E-state index contributed by atoms with van der Waals surface area (Å²) in [6.07, 6.45) is 2.79. The number of hydrogen-bond donors (Lipinski definition) is 1. The van der Waals surface area contributed by atoms with Crippen LogP contribution in [0.15, 0.2) is 48.5 Å². The molecule has 0 aliphatic carbocycles. The molecule has 0 aliphatic rings. The summed E-state index contributed by atoms with van der Waals surface area (Å²) >= 11 is 0. The number of anilines is 1. The molecule has 0 aliphatic heterocycles. The van der Waals surface area contributed by atoms with Crippen LogP contribution >= 0.6 is 0 Å². The molecule has 0 spiro atoms. The Kier molecular flexibility index (Phi) is 5.12. The van der Waals surface area contributed by atoms with Gasteiger partial charge < -0.3 is 10.5 Å². The van der Waals surface area contributed by atoms with Crippen molar-refractivity contribution in [2.24, 2.45) is 0 Å². The molecule has 0 bridgehead atoms.